The van der Waals surface area contributed by atoms with Crippen molar-refractivity contribution in [3.05, 3.63) is 125 Å². The topological polar surface area (TPSA) is 55.2 Å². The Balaban J connectivity index is 1.79. The Morgan fingerprint density at radius 2 is 1.12 bits per heavy atom. The standard InChI is InChI=1S/C28H20N2O2/c31-30(32)26-19-18-22-14-7-8-15-25(22)28(26)29-27-23(20-10-3-1-4-11-20)16-9-17-24(27)21-12-5-2-6-13-21/h1-19,29H. The summed E-state index contributed by atoms with van der Waals surface area (Å²) in [5.41, 5.74) is 5.42. The summed E-state index contributed by atoms with van der Waals surface area (Å²) in [7, 11) is 0. The van der Waals surface area contributed by atoms with Gasteiger partial charge in [0.25, 0.3) is 5.69 Å². The minimum Gasteiger partial charge on any atom is -0.348 e. The zero-order chi connectivity index (χ0) is 21.9. The number of anilines is 2. The molecule has 0 spiro atoms. The maximum Gasteiger partial charge on any atom is 0.293 e. The first kappa shape index (κ1) is 19.5. The summed E-state index contributed by atoms with van der Waals surface area (Å²) < 4.78 is 0. The van der Waals surface area contributed by atoms with E-state index in [9.17, 15) is 10.1 Å². The monoisotopic (exact) mass is 416 g/mol. The molecule has 4 nitrogen and oxygen atoms in total. The first-order valence-electron chi connectivity index (χ1n) is 10.4. The van der Waals surface area contributed by atoms with Crippen LogP contribution in [0.2, 0.25) is 0 Å². The molecule has 0 radical (unpaired) electrons. The lowest BCUT2D eigenvalue weighted by Crippen LogP contribution is -2.01. The number of nitrogens with zero attached hydrogens (tertiary/aromatic N) is 1. The van der Waals surface area contributed by atoms with Crippen LogP contribution in [0.1, 0.15) is 0 Å². The van der Waals surface area contributed by atoms with E-state index in [0.29, 0.717) is 5.69 Å². The van der Waals surface area contributed by atoms with Gasteiger partial charge in [0.2, 0.25) is 0 Å². The van der Waals surface area contributed by atoms with Crippen LogP contribution in [-0.2, 0) is 0 Å². The second-order valence-electron chi connectivity index (χ2n) is 7.52. The van der Waals surface area contributed by atoms with Gasteiger partial charge in [-0.05, 0) is 22.6 Å². The minimum absolute atomic E-state index is 0.0468. The SMILES string of the molecule is O=[N+]([O-])c1ccc2ccccc2c1Nc1c(-c2ccccc2)cccc1-c1ccccc1. The van der Waals surface area contributed by atoms with Crippen molar-refractivity contribution in [1.29, 1.82) is 0 Å². The third kappa shape index (κ3) is 3.59. The van der Waals surface area contributed by atoms with Gasteiger partial charge in [0, 0.05) is 22.6 Å². The van der Waals surface area contributed by atoms with Gasteiger partial charge in [-0.25, -0.2) is 0 Å². The number of hydrogen-bond donors (Lipinski definition) is 1. The van der Waals surface area contributed by atoms with Crippen LogP contribution < -0.4 is 5.32 Å². The highest BCUT2D eigenvalue weighted by Crippen LogP contribution is 2.42. The fourth-order valence-corrected chi connectivity index (χ4v) is 4.07. The minimum atomic E-state index is -0.331. The van der Waals surface area contributed by atoms with E-state index in [1.807, 2.05) is 103 Å². The molecule has 0 unspecified atom stereocenters. The van der Waals surface area contributed by atoms with E-state index in [1.165, 1.54) is 0 Å². The molecule has 5 aromatic carbocycles. The van der Waals surface area contributed by atoms with Crippen LogP contribution in [0.15, 0.2) is 115 Å². The molecule has 0 aromatic heterocycles. The van der Waals surface area contributed by atoms with Gasteiger partial charge < -0.3 is 5.32 Å². The van der Waals surface area contributed by atoms with Crippen molar-refractivity contribution >= 4 is 27.8 Å². The van der Waals surface area contributed by atoms with E-state index in [0.717, 1.165) is 38.7 Å². The summed E-state index contributed by atoms with van der Waals surface area (Å²) in [5, 5.41) is 17.2. The Bertz CT molecular complexity index is 1360. The first-order chi connectivity index (χ1) is 15.7. The Morgan fingerprint density at radius 1 is 0.562 bits per heavy atom. The van der Waals surface area contributed by atoms with Crippen molar-refractivity contribution in [3.63, 3.8) is 0 Å². The number of nitro benzene ring substituents is 1. The summed E-state index contributed by atoms with van der Waals surface area (Å²) in [5.74, 6) is 0. The maximum absolute atomic E-state index is 11.9. The molecule has 0 atom stereocenters. The van der Waals surface area contributed by atoms with Gasteiger partial charge in [-0.15, -0.1) is 0 Å². The van der Waals surface area contributed by atoms with E-state index in [4.69, 9.17) is 0 Å². The van der Waals surface area contributed by atoms with Gasteiger partial charge in [0.15, 0.2) is 0 Å². The van der Waals surface area contributed by atoms with Crippen LogP contribution in [0, 0.1) is 10.1 Å². The van der Waals surface area contributed by atoms with Gasteiger partial charge in [-0.3, -0.25) is 10.1 Å². The second kappa shape index (κ2) is 8.36. The molecule has 0 fully saturated rings. The molecule has 5 rings (SSSR count). The van der Waals surface area contributed by atoms with Crippen LogP contribution in [0.4, 0.5) is 17.1 Å². The molecule has 0 aliphatic carbocycles. The van der Waals surface area contributed by atoms with Crippen molar-refractivity contribution in [2.24, 2.45) is 0 Å². The lowest BCUT2D eigenvalue weighted by molar-refractivity contribution is -0.383. The third-order valence-electron chi connectivity index (χ3n) is 5.59. The molecule has 5 aromatic rings. The Labute approximate surface area is 185 Å². The third-order valence-corrected chi connectivity index (χ3v) is 5.59. The summed E-state index contributed by atoms with van der Waals surface area (Å²) >= 11 is 0. The average molecular weight is 416 g/mol. The largest absolute Gasteiger partial charge is 0.348 e. The molecule has 0 heterocycles. The number of para-hydroxylation sites is 1. The summed E-state index contributed by atoms with van der Waals surface area (Å²) in [6.07, 6.45) is 0. The van der Waals surface area contributed by atoms with E-state index in [2.05, 4.69) is 5.32 Å². The molecule has 0 amide bonds. The number of hydrogen-bond acceptors (Lipinski definition) is 3. The predicted octanol–water partition coefficient (Wildman–Crippen LogP) is 7.83. The number of nitrogens with one attached hydrogen (secondary N) is 1. The van der Waals surface area contributed by atoms with Gasteiger partial charge in [-0.2, -0.15) is 0 Å². The molecule has 154 valence electrons. The summed E-state index contributed by atoms with van der Waals surface area (Å²) in [6, 6.07) is 37.3. The number of rotatable bonds is 5. The predicted molar refractivity (Wildman–Crippen MR) is 131 cm³/mol. The molecule has 0 bridgehead atoms. The van der Waals surface area contributed by atoms with Gasteiger partial charge in [0.1, 0.15) is 5.69 Å². The normalized spacial score (nSPS) is 10.8. The van der Waals surface area contributed by atoms with Crippen LogP contribution in [0.25, 0.3) is 33.0 Å². The molecule has 0 saturated heterocycles. The molecule has 4 heteroatoms. The highest BCUT2D eigenvalue weighted by atomic mass is 16.6. The highest BCUT2D eigenvalue weighted by Gasteiger charge is 2.20. The zero-order valence-corrected chi connectivity index (χ0v) is 17.2. The lowest BCUT2D eigenvalue weighted by atomic mass is 9.95. The van der Waals surface area contributed by atoms with Crippen molar-refractivity contribution in [2.45, 2.75) is 0 Å². The zero-order valence-electron chi connectivity index (χ0n) is 17.2. The van der Waals surface area contributed by atoms with Gasteiger partial charge >= 0.3 is 0 Å². The smallest absolute Gasteiger partial charge is 0.293 e. The van der Waals surface area contributed by atoms with Gasteiger partial charge in [0.05, 0.1) is 10.6 Å². The van der Waals surface area contributed by atoms with Crippen LogP contribution in [0.3, 0.4) is 0 Å². The molecule has 32 heavy (non-hydrogen) atoms. The van der Waals surface area contributed by atoms with E-state index in [-0.39, 0.29) is 10.6 Å². The fourth-order valence-electron chi connectivity index (χ4n) is 4.07. The molecule has 0 saturated carbocycles. The van der Waals surface area contributed by atoms with Crippen LogP contribution in [-0.4, -0.2) is 4.92 Å². The van der Waals surface area contributed by atoms with Crippen LogP contribution in [0.5, 0.6) is 0 Å². The molecule has 0 aliphatic heterocycles. The Morgan fingerprint density at radius 3 is 1.72 bits per heavy atom. The summed E-state index contributed by atoms with van der Waals surface area (Å²) in [4.78, 5) is 11.6. The molecular formula is C28H20N2O2. The second-order valence-corrected chi connectivity index (χ2v) is 7.52. The quantitative estimate of drug-likeness (QED) is 0.235. The Hall–Kier alpha value is -4.44. The number of nitro groups is 1. The van der Waals surface area contributed by atoms with E-state index < -0.39 is 0 Å². The van der Waals surface area contributed by atoms with Gasteiger partial charge in [-0.1, -0.05) is 103 Å². The first-order valence-corrected chi connectivity index (χ1v) is 10.4. The van der Waals surface area contributed by atoms with Crippen molar-refractivity contribution < 1.29 is 4.92 Å². The average Bonchev–Trinajstić information content (AvgIpc) is 2.85. The highest BCUT2D eigenvalue weighted by molar-refractivity contribution is 6.03. The molecular weight excluding hydrogens is 396 g/mol. The van der Waals surface area contributed by atoms with E-state index >= 15 is 0 Å². The van der Waals surface area contributed by atoms with Crippen molar-refractivity contribution in [3.8, 4) is 22.3 Å². The Kier molecular flexibility index (Phi) is 5.10. The van der Waals surface area contributed by atoms with Crippen molar-refractivity contribution in [1.82, 2.24) is 0 Å². The summed E-state index contributed by atoms with van der Waals surface area (Å²) in [6.45, 7) is 0. The lowest BCUT2D eigenvalue weighted by Gasteiger charge is -2.19. The molecule has 0 aliphatic rings. The number of benzene rings is 5. The van der Waals surface area contributed by atoms with E-state index in [1.54, 1.807) is 12.1 Å². The number of fused-ring (bicyclic) bond motifs is 1. The van der Waals surface area contributed by atoms with Crippen molar-refractivity contribution in [2.75, 3.05) is 5.32 Å². The fraction of sp³-hybridized carbons (Fsp3) is 0. The van der Waals surface area contributed by atoms with Crippen LogP contribution >= 0.6 is 0 Å². The molecule has 1 N–H and O–H groups in total. The maximum atomic E-state index is 11.9.